The van der Waals surface area contributed by atoms with E-state index >= 15 is 0 Å². The molecule has 0 heterocycles. The molecule has 4 aliphatic rings. The fourth-order valence-electron chi connectivity index (χ4n) is 7.16. The summed E-state index contributed by atoms with van der Waals surface area (Å²) < 4.78 is 0. The number of hydrogen-bond acceptors (Lipinski definition) is 4. The van der Waals surface area contributed by atoms with Crippen molar-refractivity contribution in [2.24, 2.45) is 28.6 Å². The van der Waals surface area contributed by atoms with Gasteiger partial charge in [-0.15, -0.1) is 0 Å². The summed E-state index contributed by atoms with van der Waals surface area (Å²) in [5, 5.41) is 32.1. The Hall–Kier alpha value is -0.710. The number of allylic oxidation sites excluding steroid dienone is 1. The monoisotopic (exact) mass is 348 g/mol. The minimum atomic E-state index is -1.32. The minimum absolute atomic E-state index is 0.0115. The van der Waals surface area contributed by atoms with Crippen LogP contribution in [0.5, 0.6) is 0 Å². The molecule has 0 aromatic heterocycles. The number of Topliss-reactive ketones (excluding diaryl/α,β-unsaturated/α-hetero) is 1. The third-order valence-corrected chi connectivity index (χ3v) is 8.72. The maximum Gasteiger partial charge on any atom is 0.165 e. The number of carbonyl (C=O) groups excluding carboxylic acids is 1. The van der Waals surface area contributed by atoms with E-state index in [2.05, 4.69) is 13.0 Å². The smallest absolute Gasteiger partial charge is 0.165 e. The molecule has 0 bridgehead atoms. The highest BCUT2D eigenvalue weighted by Gasteiger charge is 2.70. The average Bonchev–Trinajstić information content (AvgIpc) is 2.76. The van der Waals surface area contributed by atoms with E-state index in [-0.39, 0.29) is 35.1 Å². The summed E-state index contributed by atoms with van der Waals surface area (Å²) in [5.41, 5.74) is -0.534. The largest absolute Gasteiger partial charge is 0.393 e. The minimum Gasteiger partial charge on any atom is -0.393 e. The van der Waals surface area contributed by atoms with Gasteiger partial charge in [0, 0.05) is 23.7 Å². The van der Waals surface area contributed by atoms with Crippen molar-refractivity contribution in [3.63, 3.8) is 0 Å². The first kappa shape index (κ1) is 17.7. The zero-order chi connectivity index (χ0) is 18.2. The Balaban J connectivity index is 1.76. The van der Waals surface area contributed by atoms with Crippen molar-refractivity contribution in [3.8, 4) is 0 Å². The van der Waals surface area contributed by atoms with Crippen LogP contribution in [0.3, 0.4) is 0 Å². The summed E-state index contributed by atoms with van der Waals surface area (Å²) in [6, 6.07) is 0. The van der Waals surface area contributed by atoms with Crippen LogP contribution in [0, 0.1) is 28.6 Å². The molecule has 0 saturated heterocycles. The molecule has 3 saturated carbocycles. The molecule has 3 fully saturated rings. The van der Waals surface area contributed by atoms with E-state index in [9.17, 15) is 20.1 Å². The van der Waals surface area contributed by atoms with Gasteiger partial charge in [0.25, 0.3) is 0 Å². The third-order valence-electron chi connectivity index (χ3n) is 8.72. The molecule has 4 aliphatic carbocycles. The molecule has 0 aromatic rings. The highest BCUT2D eigenvalue weighted by atomic mass is 16.3. The van der Waals surface area contributed by atoms with E-state index < -0.39 is 17.1 Å². The summed E-state index contributed by atoms with van der Waals surface area (Å²) >= 11 is 0. The molecule has 0 spiro atoms. The molecule has 3 N–H and O–H groups in total. The molecule has 0 amide bonds. The first-order valence-electron chi connectivity index (χ1n) is 9.96. The van der Waals surface area contributed by atoms with Crippen LogP contribution < -0.4 is 0 Å². The average molecular weight is 348 g/mol. The Morgan fingerprint density at radius 1 is 1.16 bits per heavy atom. The summed E-state index contributed by atoms with van der Waals surface area (Å²) in [6.45, 7) is 6.06. The number of ketones is 1. The van der Waals surface area contributed by atoms with Gasteiger partial charge in [-0.3, -0.25) is 4.79 Å². The molecule has 4 nitrogen and oxygen atoms in total. The van der Waals surface area contributed by atoms with Crippen molar-refractivity contribution in [1.82, 2.24) is 0 Å². The molecule has 8 atom stereocenters. The zero-order valence-corrected chi connectivity index (χ0v) is 15.7. The molecule has 4 rings (SSSR count). The second kappa shape index (κ2) is 5.40. The van der Waals surface area contributed by atoms with Crippen LogP contribution in [0.1, 0.15) is 65.7 Å². The van der Waals surface area contributed by atoms with Crippen molar-refractivity contribution in [2.75, 3.05) is 0 Å². The topological polar surface area (TPSA) is 77.8 Å². The second-order valence-electron chi connectivity index (χ2n) is 9.69. The number of fused-ring (bicyclic) bond motifs is 5. The SMILES string of the molecule is C[C@@H](O)[C@H]1CC(=O)[C@]2(O)[C@@H]3CC=C4C[C@@H](O)CC[C@]4(C)[C@H]3CC[C@]12C. The maximum absolute atomic E-state index is 13.0. The predicted octanol–water partition coefficient (Wildman–Crippen LogP) is 2.60. The van der Waals surface area contributed by atoms with Crippen LogP contribution >= 0.6 is 0 Å². The van der Waals surface area contributed by atoms with Gasteiger partial charge < -0.3 is 15.3 Å². The number of carbonyl (C=O) groups is 1. The van der Waals surface area contributed by atoms with Gasteiger partial charge in [0.15, 0.2) is 5.78 Å². The van der Waals surface area contributed by atoms with Crippen molar-refractivity contribution >= 4 is 5.78 Å². The van der Waals surface area contributed by atoms with E-state index in [4.69, 9.17) is 0 Å². The van der Waals surface area contributed by atoms with Crippen LogP contribution in [-0.2, 0) is 4.79 Å². The van der Waals surface area contributed by atoms with Gasteiger partial charge in [-0.1, -0.05) is 25.5 Å². The number of hydrogen-bond donors (Lipinski definition) is 3. The van der Waals surface area contributed by atoms with Crippen molar-refractivity contribution < 1.29 is 20.1 Å². The normalized spacial score (nSPS) is 53.5. The molecular formula is C21H32O4. The summed E-state index contributed by atoms with van der Waals surface area (Å²) in [7, 11) is 0. The van der Waals surface area contributed by atoms with Gasteiger partial charge >= 0.3 is 0 Å². The summed E-state index contributed by atoms with van der Waals surface area (Å²) in [4.78, 5) is 13.0. The Morgan fingerprint density at radius 2 is 1.88 bits per heavy atom. The van der Waals surface area contributed by atoms with Gasteiger partial charge in [0.2, 0.25) is 0 Å². The number of rotatable bonds is 1. The Labute approximate surface area is 150 Å². The zero-order valence-electron chi connectivity index (χ0n) is 15.7. The van der Waals surface area contributed by atoms with Crippen LogP contribution in [0.2, 0.25) is 0 Å². The summed E-state index contributed by atoms with van der Waals surface area (Å²) in [5.74, 6) is 0.00507. The van der Waals surface area contributed by atoms with Gasteiger partial charge in [-0.25, -0.2) is 0 Å². The van der Waals surface area contributed by atoms with Crippen molar-refractivity contribution in [1.29, 1.82) is 0 Å². The highest BCUT2D eigenvalue weighted by molar-refractivity contribution is 5.92. The predicted molar refractivity (Wildman–Crippen MR) is 94.7 cm³/mol. The molecular weight excluding hydrogens is 316 g/mol. The Morgan fingerprint density at radius 3 is 2.56 bits per heavy atom. The molecule has 0 unspecified atom stereocenters. The van der Waals surface area contributed by atoms with Crippen molar-refractivity contribution in [2.45, 2.75) is 83.5 Å². The van der Waals surface area contributed by atoms with Crippen LogP contribution in [-0.4, -0.2) is 38.9 Å². The second-order valence-corrected chi connectivity index (χ2v) is 9.69. The molecule has 0 radical (unpaired) electrons. The van der Waals surface area contributed by atoms with Gasteiger partial charge in [0.1, 0.15) is 5.60 Å². The van der Waals surface area contributed by atoms with Crippen LogP contribution in [0.4, 0.5) is 0 Å². The first-order valence-corrected chi connectivity index (χ1v) is 9.96. The van der Waals surface area contributed by atoms with Gasteiger partial charge in [-0.2, -0.15) is 0 Å². The molecule has 25 heavy (non-hydrogen) atoms. The van der Waals surface area contributed by atoms with Crippen molar-refractivity contribution in [3.05, 3.63) is 11.6 Å². The van der Waals surface area contributed by atoms with E-state index in [0.717, 1.165) is 32.1 Å². The fourth-order valence-corrected chi connectivity index (χ4v) is 7.16. The van der Waals surface area contributed by atoms with E-state index in [1.54, 1.807) is 6.92 Å². The van der Waals surface area contributed by atoms with E-state index in [0.29, 0.717) is 12.8 Å². The van der Waals surface area contributed by atoms with Gasteiger partial charge in [-0.05, 0) is 56.8 Å². The van der Waals surface area contributed by atoms with Gasteiger partial charge in [0.05, 0.1) is 12.2 Å². The molecule has 4 heteroatoms. The van der Waals surface area contributed by atoms with Crippen LogP contribution in [0.25, 0.3) is 0 Å². The first-order chi connectivity index (χ1) is 11.6. The number of aliphatic hydroxyl groups excluding tert-OH is 2. The summed E-state index contributed by atoms with van der Waals surface area (Å²) in [6.07, 6.45) is 6.64. The fraction of sp³-hybridized carbons (Fsp3) is 0.857. The lowest BCUT2D eigenvalue weighted by Gasteiger charge is -2.60. The van der Waals surface area contributed by atoms with E-state index in [1.165, 1.54) is 5.57 Å². The lowest BCUT2D eigenvalue weighted by molar-refractivity contribution is -0.190. The molecule has 0 aromatic carbocycles. The third kappa shape index (κ3) is 2.08. The lowest BCUT2D eigenvalue weighted by atomic mass is 9.45. The Bertz CT molecular complexity index is 625. The standard InChI is InChI=1S/C21H32O4/c1-12(22)17-11-18(24)21(25)16-5-4-13-10-14(23)6-8-19(13,2)15(16)7-9-20(17,21)3/h4,12,14-17,22-23,25H,5-11H2,1-3H3/t12-,14+,15+,16-,17-,19+,20-,21-/m1/s1. The quantitative estimate of drug-likeness (QED) is 0.637. The molecule has 0 aliphatic heterocycles. The highest BCUT2D eigenvalue weighted by Crippen LogP contribution is 2.67. The van der Waals surface area contributed by atoms with Crippen LogP contribution in [0.15, 0.2) is 11.6 Å². The molecule has 140 valence electrons. The lowest BCUT2D eigenvalue weighted by Crippen LogP contribution is -2.63. The van der Waals surface area contributed by atoms with E-state index in [1.807, 2.05) is 6.92 Å². The maximum atomic E-state index is 13.0. The number of aliphatic hydroxyl groups is 3. The Kier molecular flexibility index (Phi) is 3.82.